The van der Waals surface area contributed by atoms with Gasteiger partial charge in [0, 0.05) is 0 Å². The van der Waals surface area contributed by atoms with Gasteiger partial charge in [0.15, 0.2) is 0 Å². The van der Waals surface area contributed by atoms with E-state index in [1.165, 1.54) is 95.5 Å². The Labute approximate surface area is 199 Å². The second kappa shape index (κ2) is 20.5. The predicted octanol–water partition coefficient (Wildman–Crippen LogP) is 8.40. The first-order valence-corrected chi connectivity index (χ1v) is 13.7. The molecule has 1 unspecified atom stereocenters. The van der Waals surface area contributed by atoms with Gasteiger partial charge in [-0.2, -0.15) is 0 Å². The minimum absolute atomic E-state index is 0.495. The second-order valence-corrected chi connectivity index (χ2v) is 9.46. The van der Waals surface area contributed by atoms with E-state index in [1.54, 1.807) is 0 Å². The van der Waals surface area contributed by atoms with Crippen LogP contribution in [0.15, 0.2) is 18.2 Å². The molecule has 2 saturated heterocycles. The summed E-state index contributed by atoms with van der Waals surface area (Å²) in [6.07, 6.45) is 21.6. The standard InChI is InChI=1S/C24H42O.C3H6O.C2H4O/c1-3-5-7-9-11-13-15-17-22-19-20-24(25)23(21-22)18-16-14-12-10-8-6-4-2;1-3-2-4-3;1-2-3-1/h19-21,25H,3-18H2,1-2H3;3H,2H2,1H3;1-2H2. The third-order valence-corrected chi connectivity index (χ3v) is 5.97. The fraction of sp³-hybridized carbons (Fsp3) is 0.793. The van der Waals surface area contributed by atoms with Crippen molar-refractivity contribution >= 4 is 0 Å². The molecular formula is C29H52O3. The maximum atomic E-state index is 10.1. The summed E-state index contributed by atoms with van der Waals surface area (Å²) in [7, 11) is 0. The molecule has 0 bridgehead atoms. The number of hydrogen-bond donors (Lipinski definition) is 1. The maximum absolute atomic E-state index is 10.1. The van der Waals surface area contributed by atoms with E-state index in [1.807, 2.05) is 6.07 Å². The number of rotatable bonds is 16. The monoisotopic (exact) mass is 448 g/mol. The van der Waals surface area contributed by atoms with Crippen LogP contribution < -0.4 is 0 Å². The molecule has 3 nitrogen and oxygen atoms in total. The lowest BCUT2D eigenvalue weighted by atomic mass is 9.99. The Morgan fingerprint density at radius 2 is 1.19 bits per heavy atom. The van der Waals surface area contributed by atoms with Gasteiger partial charge in [0.2, 0.25) is 0 Å². The van der Waals surface area contributed by atoms with Crippen LogP contribution in [0.2, 0.25) is 0 Å². The highest BCUT2D eigenvalue weighted by Gasteiger charge is 2.13. The fourth-order valence-electron chi connectivity index (χ4n) is 3.65. The summed E-state index contributed by atoms with van der Waals surface area (Å²) in [6.45, 7) is 9.58. The van der Waals surface area contributed by atoms with Gasteiger partial charge in [0.05, 0.1) is 25.9 Å². The molecule has 0 aromatic heterocycles. The first-order valence-electron chi connectivity index (χ1n) is 13.7. The highest BCUT2D eigenvalue weighted by molar-refractivity contribution is 5.36. The van der Waals surface area contributed by atoms with Gasteiger partial charge in [-0.15, -0.1) is 0 Å². The van der Waals surface area contributed by atoms with Crippen LogP contribution in [0.4, 0.5) is 0 Å². The molecule has 1 aromatic rings. The maximum Gasteiger partial charge on any atom is 0.118 e. The third-order valence-electron chi connectivity index (χ3n) is 5.97. The van der Waals surface area contributed by atoms with E-state index in [9.17, 15) is 5.11 Å². The smallest absolute Gasteiger partial charge is 0.118 e. The summed E-state index contributed by atoms with van der Waals surface area (Å²) >= 11 is 0. The molecule has 2 aliphatic heterocycles. The topological polar surface area (TPSA) is 45.3 Å². The SMILES string of the molecule is C1CO1.CC1CO1.CCCCCCCCCc1ccc(O)c(CCCCCCCCC)c1. The molecular weight excluding hydrogens is 396 g/mol. The number of aromatic hydroxyl groups is 1. The molecule has 3 rings (SSSR count). The number of epoxide rings is 2. The van der Waals surface area contributed by atoms with E-state index < -0.39 is 0 Å². The second-order valence-electron chi connectivity index (χ2n) is 9.46. The number of ether oxygens (including phenoxy) is 2. The fourth-order valence-corrected chi connectivity index (χ4v) is 3.65. The number of hydrogen-bond acceptors (Lipinski definition) is 3. The van der Waals surface area contributed by atoms with Crippen molar-refractivity contribution in [1.82, 2.24) is 0 Å². The lowest BCUT2D eigenvalue weighted by Crippen LogP contribution is -1.92. The first-order chi connectivity index (χ1) is 15.7. The Balaban J connectivity index is 0.000000611. The van der Waals surface area contributed by atoms with Crippen LogP contribution in [0.5, 0.6) is 5.75 Å². The summed E-state index contributed by atoms with van der Waals surface area (Å²) in [5, 5.41) is 10.1. The minimum Gasteiger partial charge on any atom is -0.508 e. The number of phenolic OH excluding ortho intramolecular Hbond substituents is 1. The van der Waals surface area contributed by atoms with Crippen molar-refractivity contribution in [3.05, 3.63) is 29.3 Å². The molecule has 0 aliphatic carbocycles. The van der Waals surface area contributed by atoms with Crippen LogP contribution >= 0.6 is 0 Å². The third kappa shape index (κ3) is 19.6. The molecule has 1 N–H and O–H groups in total. The first kappa shape index (κ1) is 29.0. The van der Waals surface area contributed by atoms with Crippen LogP contribution in [0.1, 0.15) is 122 Å². The van der Waals surface area contributed by atoms with Crippen molar-refractivity contribution in [3.63, 3.8) is 0 Å². The van der Waals surface area contributed by atoms with Crippen LogP contribution in [0.3, 0.4) is 0 Å². The molecule has 2 aliphatic rings. The number of phenols is 1. The van der Waals surface area contributed by atoms with Crippen LogP contribution in [-0.4, -0.2) is 31.0 Å². The van der Waals surface area contributed by atoms with Gasteiger partial charge in [-0.3, -0.25) is 0 Å². The zero-order valence-corrected chi connectivity index (χ0v) is 21.5. The molecule has 0 radical (unpaired) electrons. The average molecular weight is 449 g/mol. The van der Waals surface area contributed by atoms with E-state index in [0.717, 1.165) is 38.2 Å². The van der Waals surface area contributed by atoms with Crippen molar-refractivity contribution in [2.45, 2.75) is 130 Å². The van der Waals surface area contributed by atoms with Crippen molar-refractivity contribution in [2.24, 2.45) is 0 Å². The molecule has 32 heavy (non-hydrogen) atoms. The van der Waals surface area contributed by atoms with Gasteiger partial charge in [0.1, 0.15) is 5.75 Å². The molecule has 1 atom stereocenters. The Kier molecular flexibility index (Phi) is 18.6. The molecule has 186 valence electrons. The molecule has 2 fully saturated rings. The molecule has 2 heterocycles. The average Bonchev–Trinajstić information content (AvgIpc) is 3.70. The molecule has 0 amide bonds. The van der Waals surface area contributed by atoms with Gasteiger partial charge in [0.25, 0.3) is 0 Å². The summed E-state index contributed by atoms with van der Waals surface area (Å²) in [4.78, 5) is 0. The Morgan fingerprint density at radius 1 is 0.750 bits per heavy atom. The van der Waals surface area contributed by atoms with Crippen molar-refractivity contribution in [1.29, 1.82) is 0 Å². The van der Waals surface area contributed by atoms with Crippen LogP contribution in [0.25, 0.3) is 0 Å². The molecule has 3 heteroatoms. The minimum atomic E-state index is 0.495. The zero-order chi connectivity index (χ0) is 23.3. The van der Waals surface area contributed by atoms with Gasteiger partial charge in [-0.05, 0) is 49.8 Å². The van der Waals surface area contributed by atoms with E-state index in [0.29, 0.717) is 11.9 Å². The summed E-state index contributed by atoms with van der Waals surface area (Å²) in [5.74, 6) is 0.495. The van der Waals surface area contributed by atoms with Gasteiger partial charge in [-0.1, -0.05) is 103 Å². The summed E-state index contributed by atoms with van der Waals surface area (Å²) in [6, 6.07) is 6.28. The Hall–Kier alpha value is -1.06. The Bertz CT molecular complexity index is 534. The van der Waals surface area contributed by atoms with Gasteiger partial charge < -0.3 is 14.6 Å². The summed E-state index contributed by atoms with van der Waals surface area (Å²) in [5.41, 5.74) is 2.57. The number of aryl methyl sites for hydroxylation is 2. The van der Waals surface area contributed by atoms with Gasteiger partial charge in [-0.25, -0.2) is 0 Å². The quantitative estimate of drug-likeness (QED) is 0.204. The largest absolute Gasteiger partial charge is 0.508 e. The van der Waals surface area contributed by atoms with Crippen molar-refractivity contribution in [3.8, 4) is 5.75 Å². The number of unbranched alkanes of at least 4 members (excludes halogenated alkanes) is 12. The van der Waals surface area contributed by atoms with Crippen molar-refractivity contribution in [2.75, 3.05) is 19.8 Å². The van der Waals surface area contributed by atoms with Crippen LogP contribution in [-0.2, 0) is 22.3 Å². The molecule has 0 spiro atoms. The van der Waals surface area contributed by atoms with Crippen molar-refractivity contribution < 1.29 is 14.6 Å². The highest BCUT2D eigenvalue weighted by Crippen LogP contribution is 2.22. The number of benzene rings is 1. The zero-order valence-electron chi connectivity index (χ0n) is 21.5. The normalized spacial score (nSPS) is 15.9. The van der Waals surface area contributed by atoms with E-state index >= 15 is 0 Å². The highest BCUT2D eigenvalue weighted by atomic mass is 16.6. The van der Waals surface area contributed by atoms with Crippen LogP contribution in [0, 0.1) is 0 Å². The molecule has 0 saturated carbocycles. The molecule has 1 aromatic carbocycles. The van der Waals surface area contributed by atoms with E-state index in [4.69, 9.17) is 4.74 Å². The van der Waals surface area contributed by atoms with E-state index in [2.05, 4.69) is 37.6 Å². The lowest BCUT2D eigenvalue weighted by Gasteiger charge is -2.08. The van der Waals surface area contributed by atoms with E-state index in [-0.39, 0.29) is 0 Å². The van der Waals surface area contributed by atoms with Gasteiger partial charge >= 0.3 is 0 Å². The predicted molar refractivity (Wildman–Crippen MR) is 138 cm³/mol. The summed E-state index contributed by atoms with van der Waals surface area (Å²) < 4.78 is 9.21. The Morgan fingerprint density at radius 3 is 1.62 bits per heavy atom. The lowest BCUT2D eigenvalue weighted by molar-refractivity contribution is 0.423.